The number of carbonyl (C=O) groups is 4. The Morgan fingerprint density at radius 3 is 2.30 bits per heavy atom. The van der Waals surface area contributed by atoms with Crippen LogP contribution in [-0.4, -0.2) is 48.3 Å². The van der Waals surface area contributed by atoms with Crippen LogP contribution in [0.5, 0.6) is 0 Å². The van der Waals surface area contributed by atoms with Crippen molar-refractivity contribution in [2.45, 2.75) is 33.2 Å². The second-order valence-electron chi connectivity index (χ2n) is 7.28. The molecule has 0 saturated carbocycles. The van der Waals surface area contributed by atoms with E-state index in [2.05, 4.69) is 10.6 Å². The van der Waals surface area contributed by atoms with Crippen LogP contribution in [0.1, 0.15) is 49.2 Å². The third-order valence-electron chi connectivity index (χ3n) is 4.83. The van der Waals surface area contributed by atoms with E-state index in [0.717, 1.165) is 0 Å². The van der Waals surface area contributed by atoms with Crippen LogP contribution in [0.25, 0.3) is 0 Å². The monoisotopic (exact) mass is 473 g/mol. The van der Waals surface area contributed by atoms with Crippen molar-refractivity contribution in [2.24, 2.45) is 0 Å². The number of halogens is 1. The molecule has 0 bridgehead atoms. The number of benzene rings is 2. The van der Waals surface area contributed by atoms with Crippen LogP contribution >= 0.6 is 11.6 Å². The molecule has 0 aliphatic heterocycles. The Morgan fingerprint density at radius 2 is 1.70 bits per heavy atom. The van der Waals surface area contributed by atoms with Gasteiger partial charge in [-0.05, 0) is 49.7 Å². The Bertz CT molecular complexity index is 990. The molecule has 0 heterocycles. The summed E-state index contributed by atoms with van der Waals surface area (Å²) in [5.74, 6) is -1.63. The summed E-state index contributed by atoms with van der Waals surface area (Å²) in [6.07, 6.45) is -0.150. The van der Waals surface area contributed by atoms with Gasteiger partial charge in [0.15, 0.2) is 6.61 Å². The average molecular weight is 474 g/mol. The number of ether oxygens (including phenoxy) is 1. The van der Waals surface area contributed by atoms with Crippen molar-refractivity contribution in [3.8, 4) is 0 Å². The first-order valence-corrected chi connectivity index (χ1v) is 11.0. The fourth-order valence-corrected chi connectivity index (χ4v) is 3.31. The van der Waals surface area contributed by atoms with Gasteiger partial charge in [-0.15, -0.1) is 0 Å². The van der Waals surface area contributed by atoms with Crippen LogP contribution in [0.4, 0.5) is 5.69 Å². The number of carbonyl (C=O) groups excluding carboxylic acids is 4. The van der Waals surface area contributed by atoms with E-state index in [1.165, 1.54) is 6.92 Å². The lowest BCUT2D eigenvalue weighted by Gasteiger charge is -2.19. The molecule has 0 fully saturated rings. The predicted octanol–water partition coefficient (Wildman–Crippen LogP) is 3.57. The van der Waals surface area contributed by atoms with Crippen LogP contribution < -0.4 is 10.6 Å². The van der Waals surface area contributed by atoms with Crippen molar-refractivity contribution in [1.82, 2.24) is 10.2 Å². The van der Waals surface area contributed by atoms with Gasteiger partial charge in [0, 0.05) is 36.3 Å². The highest BCUT2D eigenvalue weighted by Crippen LogP contribution is 2.20. The first-order valence-electron chi connectivity index (χ1n) is 10.6. The molecule has 1 unspecified atom stereocenters. The highest BCUT2D eigenvalue weighted by Gasteiger charge is 2.19. The fraction of sp³-hybridized carbons (Fsp3) is 0.333. The van der Waals surface area contributed by atoms with E-state index in [-0.39, 0.29) is 18.2 Å². The summed E-state index contributed by atoms with van der Waals surface area (Å²) < 4.78 is 5.08. The Hall–Kier alpha value is -3.39. The number of nitrogens with one attached hydrogen (secondary N) is 2. The molecule has 1 atom stereocenters. The van der Waals surface area contributed by atoms with E-state index in [0.29, 0.717) is 34.9 Å². The lowest BCUT2D eigenvalue weighted by molar-refractivity contribution is -0.148. The molecule has 8 nitrogen and oxygen atoms in total. The molecule has 0 aliphatic rings. The number of rotatable bonds is 10. The standard InChI is InChI=1S/C24H28ClN3O5/c1-4-28(5-2)24(32)18-7-6-8-20(13-18)27-22(30)15-33-23(31)14-21(26-16(3)29)17-9-11-19(25)12-10-17/h6-13,21H,4-5,14-15H2,1-3H3,(H,26,29)(H,27,30). The van der Waals surface area contributed by atoms with E-state index < -0.39 is 24.5 Å². The molecule has 0 saturated heterocycles. The van der Waals surface area contributed by atoms with Crippen molar-refractivity contribution in [3.05, 3.63) is 64.7 Å². The summed E-state index contributed by atoms with van der Waals surface area (Å²) in [7, 11) is 0. The van der Waals surface area contributed by atoms with Crippen LogP contribution in [0.15, 0.2) is 48.5 Å². The van der Waals surface area contributed by atoms with E-state index in [9.17, 15) is 19.2 Å². The summed E-state index contributed by atoms with van der Waals surface area (Å²) in [5, 5.41) is 5.84. The summed E-state index contributed by atoms with van der Waals surface area (Å²) >= 11 is 5.89. The Morgan fingerprint density at radius 1 is 1.03 bits per heavy atom. The largest absolute Gasteiger partial charge is 0.455 e. The highest BCUT2D eigenvalue weighted by molar-refractivity contribution is 6.30. The molecule has 3 amide bonds. The summed E-state index contributed by atoms with van der Waals surface area (Å²) in [6, 6.07) is 12.7. The van der Waals surface area contributed by atoms with Gasteiger partial charge in [-0.25, -0.2) is 0 Å². The van der Waals surface area contributed by atoms with Gasteiger partial charge < -0.3 is 20.3 Å². The fourth-order valence-electron chi connectivity index (χ4n) is 3.18. The molecule has 2 rings (SSSR count). The normalized spacial score (nSPS) is 11.3. The molecule has 2 aromatic carbocycles. The zero-order chi connectivity index (χ0) is 24.4. The molecule has 9 heteroatoms. The number of anilines is 1. The van der Waals surface area contributed by atoms with Gasteiger partial charge in [-0.1, -0.05) is 29.8 Å². The van der Waals surface area contributed by atoms with Crippen molar-refractivity contribution in [1.29, 1.82) is 0 Å². The van der Waals surface area contributed by atoms with Gasteiger partial charge in [0.05, 0.1) is 12.5 Å². The Labute approximate surface area is 198 Å². The molecular formula is C24H28ClN3O5. The Balaban J connectivity index is 1.93. The Kier molecular flexibility index (Phi) is 9.87. The zero-order valence-electron chi connectivity index (χ0n) is 18.9. The smallest absolute Gasteiger partial charge is 0.308 e. The number of hydrogen-bond acceptors (Lipinski definition) is 5. The summed E-state index contributed by atoms with van der Waals surface area (Å²) in [4.78, 5) is 50.2. The van der Waals surface area contributed by atoms with Gasteiger partial charge in [0.1, 0.15) is 0 Å². The molecule has 2 N–H and O–H groups in total. The molecular weight excluding hydrogens is 446 g/mol. The molecule has 0 aromatic heterocycles. The maximum atomic E-state index is 12.5. The second-order valence-corrected chi connectivity index (χ2v) is 7.71. The van der Waals surface area contributed by atoms with Crippen LogP contribution in [-0.2, 0) is 19.1 Å². The van der Waals surface area contributed by atoms with Gasteiger partial charge >= 0.3 is 5.97 Å². The lowest BCUT2D eigenvalue weighted by Crippen LogP contribution is -2.30. The maximum absolute atomic E-state index is 12.5. The van der Waals surface area contributed by atoms with Gasteiger partial charge in [-0.2, -0.15) is 0 Å². The topological polar surface area (TPSA) is 105 Å². The minimum atomic E-state index is -0.649. The zero-order valence-corrected chi connectivity index (χ0v) is 19.6. The first kappa shape index (κ1) is 25.9. The van der Waals surface area contributed by atoms with Gasteiger partial charge in [0.2, 0.25) is 5.91 Å². The predicted molar refractivity (Wildman–Crippen MR) is 126 cm³/mol. The molecule has 0 aliphatic carbocycles. The maximum Gasteiger partial charge on any atom is 0.308 e. The van der Waals surface area contributed by atoms with E-state index in [4.69, 9.17) is 16.3 Å². The SMILES string of the molecule is CCN(CC)C(=O)c1cccc(NC(=O)COC(=O)CC(NC(C)=O)c2ccc(Cl)cc2)c1. The number of esters is 1. The van der Waals surface area contributed by atoms with Crippen molar-refractivity contribution in [3.63, 3.8) is 0 Å². The number of hydrogen-bond donors (Lipinski definition) is 2. The van der Waals surface area contributed by atoms with Crippen LogP contribution in [0.2, 0.25) is 5.02 Å². The first-order chi connectivity index (χ1) is 15.7. The quantitative estimate of drug-likeness (QED) is 0.513. The third-order valence-corrected chi connectivity index (χ3v) is 5.08. The minimum Gasteiger partial charge on any atom is -0.455 e. The summed E-state index contributed by atoms with van der Waals surface area (Å²) in [6.45, 7) is 5.80. The van der Waals surface area contributed by atoms with E-state index in [1.54, 1.807) is 53.4 Å². The van der Waals surface area contributed by atoms with Crippen LogP contribution in [0, 0.1) is 0 Å². The highest BCUT2D eigenvalue weighted by atomic mass is 35.5. The van der Waals surface area contributed by atoms with E-state index in [1.807, 2.05) is 13.8 Å². The second kappa shape index (κ2) is 12.6. The molecule has 2 aromatic rings. The molecule has 0 spiro atoms. The van der Waals surface area contributed by atoms with Crippen LogP contribution in [0.3, 0.4) is 0 Å². The lowest BCUT2D eigenvalue weighted by atomic mass is 10.0. The average Bonchev–Trinajstić information content (AvgIpc) is 2.78. The van der Waals surface area contributed by atoms with Gasteiger partial charge in [0.25, 0.3) is 11.8 Å². The molecule has 176 valence electrons. The van der Waals surface area contributed by atoms with E-state index >= 15 is 0 Å². The number of nitrogens with zero attached hydrogens (tertiary/aromatic N) is 1. The van der Waals surface area contributed by atoms with Crippen molar-refractivity contribution in [2.75, 3.05) is 25.0 Å². The van der Waals surface area contributed by atoms with Crippen molar-refractivity contribution >= 4 is 41.0 Å². The summed E-state index contributed by atoms with van der Waals surface area (Å²) in [5.41, 5.74) is 1.56. The van der Waals surface area contributed by atoms with Gasteiger partial charge in [-0.3, -0.25) is 19.2 Å². The number of amides is 3. The molecule has 33 heavy (non-hydrogen) atoms. The van der Waals surface area contributed by atoms with Crippen molar-refractivity contribution < 1.29 is 23.9 Å². The third kappa shape index (κ3) is 8.23. The molecule has 0 radical (unpaired) electrons. The minimum absolute atomic E-state index is 0.131.